The van der Waals surface area contributed by atoms with Crippen LogP contribution in [0.3, 0.4) is 0 Å². The van der Waals surface area contributed by atoms with E-state index in [0.717, 1.165) is 61.3 Å². The Morgan fingerprint density at radius 3 is 1.72 bits per heavy atom. The third-order valence-electron chi connectivity index (χ3n) is 9.62. The summed E-state index contributed by atoms with van der Waals surface area (Å²) in [5.74, 6) is 0.694. The van der Waals surface area contributed by atoms with Gasteiger partial charge >= 0.3 is 0 Å². The maximum absolute atomic E-state index is 6.63. The van der Waals surface area contributed by atoms with Gasteiger partial charge in [-0.05, 0) is 65.7 Å². The Kier molecular flexibility index (Phi) is 6.46. The van der Waals surface area contributed by atoms with Gasteiger partial charge in [0.2, 0.25) is 0 Å². The number of furan rings is 1. The number of para-hydroxylation sites is 2. The Labute approximate surface area is 288 Å². The second-order valence-corrected chi connectivity index (χ2v) is 12.6. The summed E-state index contributed by atoms with van der Waals surface area (Å²) in [6.07, 6.45) is 0. The van der Waals surface area contributed by atoms with Crippen LogP contribution in [0.5, 0.6) is 0 Å². The van der Waals surface area contributed by atoms with Crippen LogP contribution in [0, 0.1) is 0 Å². The van der Waals surface area contributed by atoms with Crippen molar-refractivity contribution in [1.29, 1.82) is 0 Å². The predicted octanol–water partition coefficient (Wildman–Crippen LogP) is 12.1. The molecule has 50 heavy (non-hydrogen) atoms. The Balaban J connectivity index is 1.11. The molecule has 10 rings (SSSR count). The zero-order chi connectivity index (χ0) is 33.0. The summed E-state index contributed by atoms with van der Waals surface area (Å²) in [7, 11) is 0. The molecule has 0 unspecified atom stereocenters. The first-order chi connectivity index (χ1) is 24.8. The van der Waals surface area contributed by atoms with Crippen molar-refractivity contribution in [2.24, 2.45) is 0 Å². The monoisotopic (exact) mass is 639 g/mol. The lowest BCUT2D eigenvalue weighted by atomic mass is 9.98. The van der Waals surface area contributed by atoms with Crippen molar-refractivity contribution in [3.8, 4) is 50.7 Å². The smallest absolute Gasteiger partial charge is 0.160 e. The van der Waals surface area contributed by atoms with Gasteiger partial charge in [0, 0.05) is 43.9 Å². The predicted molar refractivity (Wildman–Crippen MR) is 205 cm³/mol. The Bertz CT molecular complexity index is 2800. The molecule has 0 bridgehead atoms. The van der Waals surface area contributed by atoms with Crippen LogP contribution in [0.4, 0.5) is 0 Å². The highest BCUT2D eigenvalue weighted by molar-refractivity contribution is 6.16. The lowest BCUT2D eigenvalue weighted by Gasteiger charge is -2.09. The molecular weight excluding hydrogens is 611 g/mol. The highest BCUT2D eigenvalue weighted by Crippen LogP contribution is 2.41. The van der Waals surface area contributed by atoms with Gasteiger partial charge in [-0.1, -0.05) is 121 Å². The van der Waals surface area contributed by atoms with Crippen molar-refractivity contribution in [2.45, 2.75) is 0 Å². The maximum Gasteiger partial charge on any atom is 0.160 e. The number of fused-ring (bicyclic) bond motifs is 6. The number of aromatic nitrogens is 3. The summed E-state index contributed by atoms with van der Waals surface area (Å²) in [6, 6.07) is 61.3. The van der Waals surface area contributed by atoms with Gasteiger partial charge in [-0.2, -0.15) is 0 Å². The van der Waals surface area contributed by atoms with E-state index >= 15 is 0 Å². The fraction of sp³-hybridized carbons (Fsp3) is 0. The second kappa shape index (κ2) is 11.4. The molecule has 7 aromatic carbocycles. The van der Waals surface area contributed by atoms with Crippen molar-refractivity contribution in [1.82, 2.24) is 14.5 Å². The van der Waals surface area contributed by atoms with Crippen LogP contribution in [0.1, 0.15) is 0 Å². The van der Waals surface area contributed by atoms with Crippen LogP contribution in [-0.2, 0) is 0 Å². The summed E-state index contributed by atoms with van der Waals surface area (Å²) < 4.78 is 8.99. The zero-order valence-electron chi connectivity index (χ0n) is 27.0. The van der Waals surface area contributed by atoms with E-state index in [4.69, 9.17) is 14.4 Å². The van der Waals surface area contributed by atoms with Crippen molar-refractivity contribution in [3.05, 3.63) is 176 Å². The summed E-state index contributed by atoms with van der Waals surface area (Å²) in [5, 5.41) is 4.63. The van der Waals surface area contributed by atoms with Crippen molar-refractivity contribution in [2.75, 3.05) is 0 Å². The average molecular weight is 640 g/mol. The highest BCUT2D eigenvalue weighted by atomic mass is 16.3. The maximum atomic E-state index is 6.63. The minimum atomic E-state index is 0.694. The lowest BCUT2D eigenvalue weighted by molar-refractivity contribution is 0.669. The van der Waals surface area contributed by atoms with Crippen LogP contribution in [0.2, 0.25) is 0 Å². The fourth-order valence-corrected chi connectivity index (χ4v) is 7.29. The van der Waals surface area contributed by atoms with E-state index < -0.39 is 0 Å². The molecule has 0 fully saturated rings. The largest absolute Gasteiger partial charge is 0.456 e. The Morgan fingerprint density at radius 1 is 0.400 bits per heavy atom. The molecule has 4 heteroatoms. The minimum absolute atomic E-state index is 0.694. The highest BCUT2D eigenvalue weighted by Gasteiger charge is 2.18. The van der Waals surface area contributed by atoms with E-state index in [1.54, 1.807) is 0 Å². The molecular formula is C46H29N3O. The normalized spacial score (nSPS) is 11.6. The molecule has 3 aromatic heterocycles. The topological polar surface area (TPSA) is 43.9 Å². The standard InChI is InChI=1S/C46H29N3O/c1-4-13-30(14-5-1)39-29-40(48-46(47-39)31-15-6-2-7-16-31)33-24-26-37-36-25-23-32(27-43(36)50-44(37)28-33)35-20-12-22-42-45(35)38-19-10-11-21-41(38)49(42)34-17-8-3-9-18-34/h1-29H. The van der Waals surface area contributed by atoms with Gasteiger partial charge in [0.15, 0.2) is 5.82 Å². The van der Waals surface area contributed by atoms with E-state index in [1.165, 1.54) is 27.4 Å². The molecule has 4 nitrogen and oxygen atoms in total. The van der Waals surface area contributed by atoms with Gasteiger partial charge in [-0.15, -0.1) is 0 Å². The van der Waals surface area contributed by atoms with E-state index in [2.05, 4.69) is 132 Å². The van der Waals surface area contributed by atoms with E-state index in [9.17, 15) is 0 Å². The van der Waals surface area contributed by atoms with Crippen molar-refractivity contribution >= 4 is 43.7 Å². The van der Waals surface area contributed by atoms with E-state index in [1.807, 2.05) is 48.5 Å². The van der Waals surface area contributed by atoms with Gasteiger partial charge < -0.3 is 8.98 Å². The van der Waals surface area contributed by atoms with Crippen LogP contribution in [0.25, 0.3) is 94.5 Å². The van der Waals surface area contributed by atoms with Gasteiger partial charge in [-0.3, -0.25) is 0 Å². The molecule has 0 aliphatic rings. The van der Waals surface area contributed by atoms with Gasteiger partial charge in [0.25, 0.3) is 0 Å². The van der Waals surface area contributed by atoms with Crippen molar-refractivity contribution < 1.29 is 4.42 Å². The Hall–Kier alpha value is -6.78. The van der Waals surface area contributed by atoms with Crippen LogP contribution >= 0.6 is 0 Å². The SMILES string of the molecule is c1ccc(-c2cc(-c3ccc4c(c3)oc3cc(-c5cccc6c5c5ccccc5n6-c5ccccc5)ccc34)nc(-c3ccccc3)n2)cc1. The summed E-state index contributed by atoms with van der Waals surface area (Å²) in [5.41, 5.74) is 12.2. The number of rotatable bonds is 5. The summed E-state index contributed by atoms with van der Waals surface area (Å²) in [6.45, 7) is 0. The third kappa shape index (κ3) is 4.61. The number of hydrogen-bond donors (Lipinski definition) is 0. The molecule has 0 aliphatic heterocycles. The van der Waals surface area contributed by atoms with Crippen LogP contribution in [0.15, 0.2) is 180 Å². The first-order valence-corrected chi connectivity index (χ1v) is 16.8. The van der Waals surface area contributed by atoms with Gasteiger partial charge in [0.05, 0.1) is 22.4 Å². The number of nitrogens with zero attached hydrogens (tertiary/aromatic N) is 3. The molecule has 0 aliphatic carbocycles. The van der Waals surface area contributed by atoms with Crippen LogP contribution in [-0.4, -0.2) is 14.5 Å². The van der Waals surface area contributed by atoms with E-state index in [-0.39, 0.29) is 0 Å². The molecule has 234 valence electrons. The molecule has 3 heterocycles. The summed E-state index contributed by atoms with van der Waals surface area (Å²) >= 11 is 0. The third-order valence-corrected chi connectivity index (χ3v) is 9.62. The first-order valence-electron chi connectivity index (χ1n) is 16.8. The Morgan fingerprint density at radius 2 is 0.980 bits per heavy atom. The molecule has 0 atom stereocenters. The quantitative estimate of drug-likeness (QED) is 0.188. The zero-order valence-corrected chi connectivity index (χ0v) is 27.0. The molecule has 0 saturated carbocycles. The molecule has 0 amide bonds. The van der Waals surface area contributed by atoms with Gasteiger partial charge in [-0.25, -0.2) is 9.97 Å². The van der Waals surface area contributed by atoms with Gasteiger partial charge in [0.1, 0.15) is 11.2 Å². The van der Waals surface area contributed by atoms with Crippen LogP contribution < -0.4 is 0 Å². The second-order valence-electron chi connectivity index (χ2n) is 12.6. The van der Waals surface area contributed by atoms with Crippen molar-refractivity contribution in [3.63, 3.8) is 0 Å². The molecule has 0 N–H and O–H groups in total. The molecule has 0 radical (unpaired) electrons. The number of benzene rings is 7. The van der Waals surface area contributed by atoms with E-state index in [0.29, 0.717) is 5.82 Å². The molecule has 10 aromatic rings. The fourth-order valence-electron chi connectivity index (χ4n) is 7.29. The minimum Gasteiger partial charge on any atom is -0.456 e. The number of hydrogen-bond acceptors (Lipinski definition) is 3. The molecule has 0 saturated heterocycles. The lowest BCUT2D eigenvalue weighted by Crippen LogP contribution is -1.95. The average Bonchev–Trinajstić information content (AvgIpc) is 3.73. The first kappa shape index (κ1) is 28.3. The summed E-state index contributed by atoms with van der Waals surface area (Å²) in [4.78, 5) is 9.99. The molecule has 0 spiro atoms.